The molecule has 0 aliphatic heterocycles. The molecule has 154 valence electrons. The monoisotopic (exact) mass is 394 g/mol. The van der Waals surface area contributed by atoms with Crippen LogP contribution in [0.15, 0.2) is 48.7 Å². The maximum absolute atomic E-state index is 12.7. The van der Waals surface area contributed by atoms with Gasteiger partial charge in [0, 0.05) is 49.7 Å². The van der Waals surface area contributed by atoms with E-state index in [1.807, 2.05) is 24.4 Å². The summed E-state index contributed by atoms with van der Waals surface area (Å²) >= 11 is 0. The van der Waals surface area contributed by atoms with Gasteiger partial charge in [-0.15, -0.1) is 0 Å². The van der Waals surface area contributed by atoms with Crippen LogP contribution in [0, 0.1) is 0 Å². The first-order chi connectivity index (χ1) is 14.2. The third kappa shape index (κ3) is 4.98. The van der Waals surface area contributed by atoms with Gasteiger partial charge in [-0.2, -0.15) is 0 Å². The molecule has 1 aromatic heterocycles. The maximum Gasteiger partial charge on any atom is 0.220 e. The van der Waals surface area contributed by atoms with Gasteiger partial charge in [-0.05, 0) is 41.7 Å². The molecule has 0 fully saturated rings. The molecule has 29 heavy (non-hydrogen) atoms. The van der Waals surface area contributed by atoms with Gasteiger partial charge in [0.15, 0.2) is 0 Å². The highest BCUT2D eigenvalue weighted by molar-refractivity contribution is 5.88. The highest BCUT2D eigenvalue weighted by atomic mass is 16.5. The number of fused-ring (bicyclic) bond motifs is 1. The molecule has 3 aromatic rings. The van der Waals surface area contributed by atoms with Crippen molar-refractivity contribution in [1.29, 1.82) is 0 Å². The molecule has 5 heteroatoms. The second kappa shape index (κ2) is 10.1. The molecule has 0 saturated heterocycles. The predicted octanol–water partition coefficient (Wildman–Crippen LogP) is 4.41. The van der Waals surface area contributed by atoms with Crippen molar-refractivity contribution in [2.45, 2.75) is 32.1 Å². The number of carbonyl (C=O) groups excluding carboxylic acids is 1. The average molecular weight is 395 g/mol. The van der Waals surface area contributed by atoms with Crippen LogP contribution in [-0.4, -0.2) is 38.3 Å². The largest absolute Gasteiger partial charge is 0.497 e. The Morgan fingerprint density at radius 3 is 2.76 bits per heavy atom. The minimum absolute atomic E-state index is 0.0370. The molecule has 0 spiro atoms. The number of ether oxygens (including phenoxy) is 2. The molecular weight excluding hydrogens is 364 g/mol. The highest BCUT2D eigenvalue weighted by Crippen LogP contribution is 2.35. The number of aromatic nitrogens is 1. The van der Waals surface area contributed by atoms with Crippen molar-refractivity contribution in [3.63, 3.8) is 0 Å². The Balaban J connectivity index is 1.94. The van der Waals surface area contributed by atoms with Gasteiger partial charge in [-0.1, -0.05) is 37.3 Å². The zero-order chi connectivity index (χ0) is 20.6. The van der Waals surface area contributed by atoms with E-state index in [2.05, 4.69) is 41.5 Å². The predicted molar refractivity (Wildman–Crippen MR) is 117 cm³/mol. The first-order valence-electron chi connectivity index (χ1n) is 10.2. The Labute approximate surface area is 172 Å². The number of para-hydroxylation sites is 1. The van der Waals surface area contributed by atoms with Crippen LogP contribution in [0.3, 0.4) is 0 Å². The number of carbonyl (C=O) groups is 1. The molecule has 0 unspecified atom stereocenters. The van der Waals surface area contributed by atoms with Crippen LogP contribution in [0.4, 0.5) is 0 Å². The van der Waals surface area contributed by atoms with Gasteiger partial charge in [0.05, 0.1) is 7.11 Å². The maximum atomic E-state index is 12.7. The van der Waals surface area contributed by atoms with Crippen LogP contribution >= 0.6 is 0 Å². The van der Waals surface area contributed by atoms with E-state index in [1.165, 1.54) is 10.9 Å². The zero-order valence-corrected chi connectivity index (χ0v) is 17.5. The van der Waals surface area contributed by atoms with Gasteiger partial charge < -0.3 is 19.8 Å². The van der Waals surface area contributed by atoms with Crippen LogP contribution in [-0.2, 0) is 16.0 Å². The first-order valence-corrected chi connectivity index (χ1v) is 10.2. The fourth-order valence-electron chi connectivity index (χ4n) is 3.79. The second-order valence-electron chi connectivity index (χ2n) is 7.17. The van der Waals surface area contributed by atoms with Gasteiger partial charge in [0.25, 0.3) is 0 Å². The molecular formula is C24H30N2O3. The number of nitrogens with one attached hydrogen (secondary N) is 2. The summed E-state index contributed by atoms with van der Waals surface area (Å²) in [6, 6.07) is 14.3. The first kappa shape index (κ1) is 20.9. The van der Waals surface area contributed by atoms with Crippen LogP contribution < -0.4 is 10.1 Å². The number of benzene rings is 2. The normalized spacial score (nSPS) is 12.1. The summed E-state index contributed by atoms with van der Waals surface area (Å²) in [5.41, 5.74) is 4.63. The van der Waals surface area contributed by atoms with E-state index >= 15 is 0 Å². The number of amides is 1. The number of H-pyrrole nitrogens is 1. The molecule has 0 radical (unpaired) electrons. The van der Waals surface area contributed by atoms with Gasteiger partial charge in [0.1, 0.15) is 5.75 Å². The van der Waals surface area contributed by atoms with E-state index in [9.17, 15) is 4.79 Å². The van der Waals surface area contributed by atoms with Crippen molar-refractivity contribution < 1.29 is 14.3 Å². The number of hydrogen-bond donors (Lipinski definition) is 2. The lowest BCUT2D eigenvalue weighted by Crippen LogP contribution is -2.27. The number of methoxy groups -OCH3 is 2. The van der Waals surface area contributed by atoms with Gasteiger partial charge in [0.2, 0.25) is 5.91 Å². The van der Waals surface area contributed by atoms with Crippen molar-refractivity contribution in [1.82, 2.24) is 10.3 Å². The summed E-state index contributed by atoms with van der Waals surface area (Å²) in [6.45, 7) is 3.41. The molecule has 0 aliphatic rings. The Morgan fingerprint density at radius 1 is 1.17 bits per heavy atom. The summed E-state index contributed by atoms with van der Waals surface area (Å²) < 4.78 is 10.5. The highest BCUT2D eigenvalue weighted by Gasteiger charge is 2.22. The van der Waals surface area contributed by atoms with Crippen molar-refractivity contribution in [3.05, 3.63) is 65.4 Å². The SMILES string of the molecule is CCc1cccc2c([C@@H](CC(=O)NCCCOC)c3cccc(OC)c3)c[nH]c12. The van der Waals surface area contributed by atoms with E-state index in [1.54, 1.807) is 14.2 Å². The van der Waals surface area contributed by atoms with Gasteiger partial charge >= 0.3 is 0 Å². The summed E-state index contributed by atoms with van der Waals surface area (Å²) in [6.07, 6.45) is 4.19. The summed E-state index contributed by atoms with van der Waals surface area (Å²) in [5, 5.41) is 4.19. The van der Waals surface area contributed by atoms with Crippen LogP contribution in [0.25, 0.3) is 10.9 Å². The molecule has 0 saturated carbocycles. The van der Waals surface area contributed by atoms with E-state index in [-0.39, 0.29) is 11.8 Å². The minimum Gasteiger partial charge on any atom is -0.497 e. The number of aromatic amines is 1. The van der Waals surface area contributed by atoms with Gasteiger partial charge in [-0.3, -0.25) is 4.79 Å². The molecule has 5 nitrogen and oxygen atoms in total. The standard InChI is InChI=1S/C24H30N2O3/c1-4-17-8-6-11-20-22(16-26-24(17)20)21(15-23(27)25-12-7-13-28-2)18-9-5-10-19(14-18)29-3/h5-6,8-11,14,16,21,26H,4,7,12-13,15H2,1-3H3,(H,25,27)/t21-/m0/s1. The molecule has 0 aliphatic carbocycles. The lowest BCUT2D eigenvalue weighted by Gasteiger charge is -2.18. The Kier molecular flexibility index (Phi) is 7.30. The third-order valence-electron chi connectivity index (χ3n) is 5.32. The topological polar surface area (TPSA) is 63.4 Å². The fraction of sp³-hybridized carbons (Fsp3) is 0.375. The Hall–Kier alpha value is -2.79. The average Bonchev–Trinajstić information content (AvgIpc) is 3.19. The van der Waals surface area contributed by atoms with E-state index in [0.29, 0.717) is 19.6 Å². The second-order valence-corrected chi connectivity index (χ2v) is 7.17. The molecule has 2 aromatic carbocycles. The summed E-state index contributed by atoms with van der Waals surface area (Å²) in [5.74, 6) is 0.769. The van der Waals surface area contributed by atoms with E-state index in [0.717, 1.165) is 35.2 Å². The molecule has 1 atom stereocenters. The fourth-order valence-corrected chi connectivity index (χ4v) is 3.79. The van der Waals surface area contributed by atoms with E-state index in [4.69, 9.17) is 9.47 Å². The lowest BCUT2D eigenvalue weighted by molar-refractivity contribution is -0.121. The van der Waals surface area contributed by atoms with Gasteiger partial charge in [-0.25, -0.2) is 0 Å². The molecule has 0 bridgehead atoms. The Bertz CT molecular complexity index is 948. The van der Waals surface area contributed by atoms with Crippen LogP contribution in [0.5, 0.6) is 5.75 Å². The van der Waals surface area contributed by atoms with Crippen molar-refractivity contribution in [2.24, 2.45) is 0 Å². The van der Waals surface area contributed by atoms with Crippen molar-refractivity contribution >= 4 is 16.8 Å². The lowest BCUT2D eigenvalue weighted by atomic mass is 9.87. The number of hydrogen-bond acceptors (Lipinski definition) is 3. The molecule has 3 rings (SSSR count). The summed E-state index contributed by atoms with van der Waals surface area (Å²) in [4.78, 5) is 16.1. The molecule has 1 heterocycles. The van der Waals surface area contributed by atoms with Crippen molar-refractivity contribution in [2.75, 3.05) is 27.4 Å². The van der Waals surface area contributed by atoms with Crippen LogP contribution in [0.2, 0.25) is 0 Å². The van der Waals surface area contributed by atoms with Crippen LogP contribution in [0.1, 0.15) is 42.4 Å². The zero-order valence-electron chi connectivity index (χ0n) is 17.5. The molecule has 1 amide bonds. The summed E-state index contributed by atoms with van der Waals surface area (Å²) in [7, 11) is 3.33. The molecule has 2 N–H and O–H groups in total. The quantitative estimate of drug-likeness (QED) is 0.501. The number of rotatable bonds is 10. The third-order valence-corrected chi connectivity index (χ3v) is 5.32. The van der Waals surface area contributed by atoms with Crippen molar-refractivity contribution in [3.8, 4) is 5.75 Å². The Morgan fingerprint density at radius 2 is 2.00 bits per heavy atom. The number of aryl methyl sites for hydroxylation is 1. The minimum atomic E-state index is -0.0617. The smallest absolute Gasteiger partial charge is 0.220 e. The van der Waals surface area contributed by atoms with E-state index < -0.39 is 0 Å².